The van der Waals surface area contributed by atoms with Gasteiger partial charge in [-0.3, -0.25) is 0 Å². The van der Waals surface area contributed by atoms with Crippen molar-refractivity contribution in [2.24, 2.45) is 5.84 Å². The number of rotatable bonds is 2. The molecule has 0 unspecified atom stereocenters. The molecule has 98 valence electrons. The van der Waals surface area contributed by atoms with E-state index in [1.54, 1.807) is 0 Å². The average Bonchev–Trinajstić information content (AvgIpc) is 2.89. The van der Waals surface area contributed by atoms with Gasteiger partial charge >= 0.3 is 0 Å². The summed E-state index contributed by atoms with van der Waals surface area (Å²) in [5.74, 6) is 8.81. The van der Waals surface area contributed by atoms with Gasteiger partial charge in [-0.25, -0.2) is 15.8 Å². The smallest absolute Gasteiger partial charge is 0.161 e. The number of nitrogens with zero attached hydrogens (tertiary/aromatic N) is 2. The van der Waals surface area contributed by atoms with Crippen molar-refractivity contribution in [2.45, 2.75) is 11.5 Å². The fraction of sp³-hybridized carbons (Fsp3) is 0.167. The van der Waals surface area contributed by atoms with Crippen LogP contribution in [0.1, 0.15) is 11.3 Å². The van der Waals surface area contributed by atoms with E-state index < -0.39 is 0 Å². The van der Waals surface area contributed by atoms with E-state index in [9.17, 15) is 0 Å². The molecule has 1 aliphatic rings. The second kappa shape index (κ2) is 5.40. The third-order valence-corrected chi connectivity index (χ3v) is 5.74. The predicted molar refractivity (Wildman–Crippen MR) is 85.7 cm³/mol. The highest BCUT2D eigenvalue weighted by Gasteiger charge is 2.20. The molecule has 0 atom stereocenters. The Hall–Kier alpha value is -0.630. The molecule has 1 aromatic heterocycles. The van der Waals surface area contributed by atoms with Gasteiger partial charge in [-0.05, 0) is 50.1 Å². The fourth-order valence-corrected chi connectivity index (χ4v) is 3.60. The van der Waals surface area contributed by atoms with Gasteiger partial charge in [0, 0.05) is 31.6 Å². The van der Waals surface area contributed by atoms with Crippen LogP contribution in [-0.4, -0.2) is 9.97 Å². The van der Waals surface area contributed by atoms with Crippen LogP contribution < -0.4 is 11.3 Å². The third kappa shape index (κ3) is 2.52. The molecule has 0 spiro atoms. The lowest BCUT2D eigenvalue weighted by Crippen LogP contribution is -2.12. The van der Waals surface area contributed by atoms with Crippen LogP contribution in [0.15, 0.2) is 27.1 Å². The van der Waals surface area contributed by atoms with E-state index in [1.807, 2.05) is 30.0 Å². The molecular formula is C12H10Br2N4S. The first-order valence-corrected chi connectivity index (χ1v) is 8.32. The topological polar surface area (TPSA) is 63.8 Å². The Morgan fingerprint density at radius 3 is 2.74 bits per heavy atom. The van der Waals surface area contributed by atoms with E-state index in [-0.39, 0.29) is 0 Å². The number of nitrogens with one attached hydrogen (secondary N) is 1. The van der Waals surface area contributed by atoms with E-state index in [4.69, 9.17) is 5.84 Å². The highest BCUT2D eigenvalue weighted by atomic mass is 79.9. The number of anilines is 1. The average molecular weight is 402 g/mol. The van der Waals surface area contributed by atoms with Crippen LogP contribution in [0, 0.1) is 0 Å². The second-order valence-electron chi connectivity index (χ2n) is 4.09. The summed E-state index contributed by atoms with van der Waals surface area (Å²) in [6.07, 6.45) is 0. The minimum Gasteiger partial charge on any atom is -0.308 e. The molecule has 2 heterocycles. The van der Waals surface area contributed by atoms with Crippen LogP contribution in [0.3, 0.4) is 0 Å². The molecule has 0 bridgehead atoms. The minimum absolute atomic E-state index is 0.697. The van der Waals surface area contributed by atoms with Crippen LogP contribution in [0.5, 0.6) is 0 Å². The minimum atomic E-state index is 0.697. The quantitative estimate of drug-likeness (QED) is 0.593. The van der Waals surface area contributed by atoms with Crippen LogP contribution in [-0.2, 0) is 11.5 Å². The number of hydrogen-bond donors (Lipinski definition) is 2. The van der Waals surface area contributed by atoms with Gasteiger partial charge in [0.25, 0.3) is 0 Å². The first-order valence-electron chi connectivity index (χ1n) is 5.58. The van der Waals surface area contributed by atoms with Crippen molar-refractivity contribution in [2.75, 3.05) is 5.43 Å². The van der Waals surface area contributed by atoms with Crippen molar-refractivity contribution in [1.29, 1.82) is 0 Å². The van der Waals surface area contributed by atoms with Crippen molar-refractivity contribution in [3.63, 3.8) is 0 Å². The van der Waals surface area contributed by atoms with E-state index in [0.29, 0.717) is 5.82 Å². The summed E-state index contributed by atoms with van der Waals surface area (Å²) in [7, 11) is 0. The number of fused-ring (bicyclic) bond motifs is 1. The normalized spacial score (nSPS) is 13.4. The van der Waals surface area contributed by atoms with Crippen molar-refractivity contribution >= 4 is 49.4 Å². The molecule has 0 saturated carbocycles. The van der Waals surface area contributed by atoms with Crippen molar-refractivity contribution < 1.29 is 0 Å². The summed E-state index contributed by atoms with van der Waals surface area (Å²) in [6.45, 7) is 0. The zero-order chi connectivity index (χ0) is 13.4. The van der Waals surface area contributed by atoms with Gasteiger partial charge in [0.05, 0.1) is 5.69 Å². The summed E-state index contributed by atoms with van der Waals surface area (Å²) in [4.78, 5) is 9.15. The van der Waals surface area contributed by atoms with Gasteiger partial charge in [0.1, 0.15) is 5.82 Å². The Morgan fingerprint density at radius 1 is 1.16 bits per heavy atom. The standard InChI is InChI=1S/C12H10Br2N4S/c13-8-2-1-6(3-9(8)14)11-16-10-5-19-4-7(10)12(17-11)18-15/h1-3H,4-5,15H2,(H,16,17,18). The van der Waals surface area contributed by atoms with Crippen LogP contribution in [0.2, 0.25) is 0 Å². The van der Waals surface area contributed by atoms with E-state index >= 15 is 0 Å². The molecule has 3 N–H and O–H groups in total. The summed E-state index contributed by atoms with van der Waals surface area (Å²) < 4.78 is 1.98. The maximum atomic E-state index is 5.56. The molecule has 0 saturated heterocycles. The summed E-state index contributed by atoms with van der Waals surface area (Å²) in [5.41, 5.74) is 5.83. The molecule has 3 rings (SSSR count). The molecule has 1 aliphatic heterocycles. The number of aromatic nitrogens is 2. The zero-order valence-corrected chi connectivity index (χ0v) is 13.8. The summed E-state index contributed by atoms with van der Waals surface area (Å²) >= 11 is 8.78. The highest BCUT2D eigenvalue weighted by molar-refractivity contribution is 9.13. The fourth-order valence-electron chi connectivity index (χ4n) is 1.93. The number of nitrogens with two attached hydrogens (primary N) is 1. The molecule has 2 aromatic rings. The van der Waals surface area contributed by atoms with Crippen LogP contribution in [0.4, 0.5) is 5.82 Å². The number of hydrogen-bond acceptors (Lipinski definition) is 5. The molecular weight excluding hydrogens is 392 g/mol. The van der Waals surface area contributed by atoms with E-state index in [1.165, 1.54) is 0 Å². The zero-order valence-electron chi connectivity index (χ0n) is 9.78. The summed E-state index contributed by atoms with van der Waals surface area (Å²) in [5, 5.41) is 0. The van der Waals surface area contributed by atoms with Crippen molar-refractivity contribution in [1.82, 2.24) is 9.97 Å². The van der Waals surface area contributed by atoms with Gasteiger partial charge in [-0.1, -0.05) is 0 Å². The largest absolute Gasteiger partial charge is 0.308 e. The van der Waals surface area contributed by atoms with Crippen LogP contribution in [0.25, 0.3) is 11.4 Å². The molecule has 7 heteroatoms. The lowest BCUT2D eigenvalue weighted by Gasteiger charge is -2.09. The molecule has 0 fully saturated rings. The Balaban J connectivity index is 2.12. The van der Waals surface area contributed by atoms with Crippen molar-refractivity contribution in [3.05, 3.63) is 38.4 Å². The lowest BCUT2D eigenvalue weighted by atomic mass is 10.2. The van der Waals surface area contributed by atoms with Gasteiger partial charge in [0.2, 0.25) is 0 Å². The number of nitrogen functional groups attached to an aromatic ring is 1. The highest BCUT2D eigenvalue weighted by Crippen LogP contribution is 2.35. The van der Waals surface area contributed by atoms with Crippen molar-refractivity contribution in [3.8, 4) is 11.4 Å². The first kappa shape index (κ1) is 13.4. The molecule has 19 heavy (non-hydrogen) atoms. The van der Waals surface area contributed by atoms with Gasteiger partial charge in [-0.15, -0.1) is 0 Å². The van der Waals surface area contributed by atoms with E-state index in [0.717, 1.165) is 43.1 Å². The van der Waals surface area contributed by atoms with Gasteiger partial charge < -0.3 is 5.43 Å². The molecule has 0 radical (unpaired) electrons. The SMILES string of the molecule is NNc1nc(-c2ccc(Br)c(Br)c2)nc2c1CSC2. The first-order chi connectivity index (χ1) is 9.19. The predicted octanol–water partition coefficient (Wildman–Crippen LogP) is 3.70. The Kier molecular flexibility index (Phi) is 3.79. The monoisotopic (exact) mass is 400 g/mol. The number of benzene rings is 1. The Labute approximate surface area is 131 Å². The van der Waals surface area contributed by atoms with Crippen LogP contribution >= 0.6 is 43.6 Å². The van der Waals surface area contributed by atoms with E-state index in [2.05, 4.69) is 47.3 Å². The Morgan fingerprint density at radius 2 is 2.00 bits per heavy atom. The number of halogens is 2. The number of thioether (sulfide) groups is 1. The molecule has 1 aromatic carbocycles. The Bertz CT molecular complexity index is 648. The number of hydrazine groups is 1. The molecule has 4 nitrogen and oxygen atoms in total. The van der Waals surface area contributed by atoms with Gasteiger partial charge in [0.15, 0.2) is 5.82 Å². The summed E-state index contributed by atoms with van der Waals surface area (Å²) in [6, 6.07) is 5.95. The molecule has 0 amide bonds. The third-order valence-electron chi connectivity index (χ3n) is 2.89. The molecule has 0 aliphatic carbocycles. The second-order valence-corrected chi connectivity index (χ2v) is 6.78. The van der Waals surface area contributed by atoms with Gasteiger partial charge in [-0.2, -0.15) is 11.8 Å². The maximum Gasteiger partial charge on any atom is 0.161 e. The maximum absolute atomic E-state index is 5.56. The lowest BCUT2D eigenvalue weighted by molar-refractivity contribution is 1.06.